The summed E-state index contributed by atoms with van der Waals surface area (Å²) in [4.78, 5) is 35.3. The van der Waals surface area contributed by atoms with Crippen LogP contribution in [0.5, 0.6) is 0 Å². The Balaban J connectivity index is 2.86. The van der Waals surface area contributed by atoms with Gasteiger partial charge in [0, 0.05) is 0 Å². The van der Waals surface area contributed by atoms with E-state index < -0.39 is 42.0 Å². The van der Waals surface area contributed by atoms with Crippen molar-refractivity contribution in [1.29, 1.82) is 0 Å². The van der Waals surface area contributed by atoms with Crippen LogP contribution in [0, 0.1) is 11.8 Å². The molecule has 4 atom stereocenters. The molecule has 0 radical (unpaired) electrons. The number of hydrogen-bond donors (Lipinski definition) is 3. The van der Waals surface area contributed by atoms with Crippen LogP contribution in [0.25, 0.3) is 0 Å². The molecule has 1 amide bonds. The van der Waals surface area contributed by atoms with Crippen molar-refractivity contribution in [3.8, 4) is 0 Å². The first kappa shape index (κ1) is 20.4. The molecular formula is C17H23NO7. The Bertz CT molecular complexity index is 588. The standard InChI is InChI=1S/C17H23NO7/c1-10(16(22)24-3)14(13(11(2)19)15(20)21)18-17(23)25-9-12-7-5-4-6-8-12/h4-8,10-11,13-14,19H,9H2,1-3H3,(H,18,23)(H,20,21)/t10-,11+,13-,14-/m1/s1. The Kier molecular flexibility index (Phi) is 7.87. The smallest absolute Gasteiger partial charge is 0.407 e. The molecule has 8 nitrogen and oxygen atoms in total. The van der Waals surface area contributed by atoms with E-state index in [9.17, 15) is 24.6 Å². The molecule has 0 aliphatic heterocycles. The van der Waals surface area contributed by atoms with Gasteiger partial charge in [-0.15, -0.1) is 0 Å². The van der Waals surface area contributed by atoms with Gasteiger partial charge in [-0.05, 0) is 19.4 Å². The Morgan fingerprint density at radius 3 is 2.24 bits per heavy atom. The molecule has 0 aromatic heterocycles. The average Bonchev–Trinajstić information content (AvgIpc) is 2.58. The van der Waals surface area contributed by atoms with Crippen LogP contribution in [0.2, 0.25) is 0 Å². The highest BCUT2D eigenvalue weighted by atomic mass is 16.5. The van der Waals surface area contributed by atoms with Crippen molar-refractivity contribution in [3.63, 3.8) is 0 Å². The molecule has 0 spiro atoms. The van der Waals surface area contributed by atoms with Gasteiger partial charge in [-0.1, -0.05) is 30.3 Å². The van der Waals surface area contributed by atoms with Crippen LogP contribution in [-0.4, -0.2) is 47.5 Å². The van der Waals surface area contributed by atoms with Gasteiger partial charge >= 0.3 is 18.0 Å². The van der Waals surface area contributed by atoms with Crippen LogP contribution < -0.4 is 5.32 Å². The summed E-state index contributed by atoms with van der Waals surface area (Å²) in [5.74, 6) is -4.46. The number of amides is 1. The third kappa shape index (κ3) is 6.07. The van der Waals surface area contributed by atoms with Gasteiger partial charge in [0.2, 0.25) is 0 Å². The maximum Gasteiger partial charge on any atom is 0.407 e. The third-order valence-electron chi connectivity index (χ3n) is 3.80. The number of aliphatic hydroxyl groups is 1. The number of carboxylic acid groups (broad SMARTS) is 1. The minimum Gasteiger partial charge on any atom is -0.481 e. The molecule has 1 rings (SSSR count). The predicted octanol–water partition coefficient (Wildman–Crippen LogP) is 1.17. The van der Waals surface area contributed by atoms with Crippen molar-refractivity contribution < 1.29 is 34.1 Å². The number of methoxy groups -OCH3 is 1. The molecule has 25 heavy (non-hydrogen) atoms. The maximum atomic E-state index is 12.0. The number of alkyl carbamates (subject to hydrolysis) is 1. The lowest BCUT2D eigenvalue weighted by Gasteiger charge is -2.30. The first-order valence-electron chi connectivity index (χ1n) is 7.73. The minimum absolute atomic E-state index is 0.0155. The molecule has 1 aromatic carbocycles. The number of aliphatic carboxylic acids is 1. The van der Waals surface area contributed by atoms with Crippen molar-refractivity contribution in [1.82, 2.24) is 5.32 Å². The zero-order valence-corrected chi connectivity index (χ0v) is 14.3. The van der Waals surface area contributed by atoms with Crippen molar-refractivity contribution >= 4 is 18.0 Å². The fourth-order valence-electron chi connectivity index (χ4n) is 2.42. The van der Waals surface area contributed by atoms with E-state index in [1.54, 1.807) is 24.3 Å². The van der Waals surface area contributed by atoms with E-state index in [1.807, 2.05) is 6.07 Å². The van der Waals surface area contributed by atoms with Crippen molar-refractivity contribution in [2.24, 2.45) is 11.8 Å². The SMILES string of the molecule is COC(=O)[C@H](C)[C@@H](NC(=O)OCc1ccccc1)[C@H](C(=O)O)[C@H](C)O. The lowest BCUT2D eigenvalue weighted by molar-refractivity contribution is -0.151. The van der Waals surface area contributed by atoms with Crippen molar-refractivity contribution in [2.75, 3.05) is 7.11 Å². The Hall–Kier alpha value is -2.61. The number of carbonyl (C=O) groups is 3. The monoisotopic (exact) mass is 353 g/mol. The second-order valence-electron chi connectivity index (χ2n) is 5.65. The number of aliphatic hydroxyl groups excluding tert-OH is 1. The number of carboxylic acids is 1. The third-order valence-corrected chi connectivity index (χ3v) is 3.80. The summed E-state index contributed by atoms with van der Waals surface area (Å²) < 4.78 is 9.66. The van der Waals surface area contributed by atoms with E-state index in [4.69, 9.17) is 4.74 Å². The molecule has 0 saturated carbocycles. The second-order valence-corrected chi connectivity index (χ2v) is 5.65. The predicted molar refractivity (Wildman–Crippen MR) is 87.5 cm³/mol. The molecule has 0 fully saturated rings. The van der Waals surface area contributed by atoms with Gasteiger partial charge < -0.3 is 25.0 Å². The highest BCUT2D eigenvalue weighted by Gasteiger charge is 2.40. The molecule has 0 aliphatic carbocycles. The first-order valence-corrected chi connectivity index (χ1v) is 7.73. The summed E-state index contributed by atoms with van der Waals surface area (Å²) in [7, 11) is 1.15. The minimum atomic E-state index is -1.40. The highest BCUT2D eigenvalue weighted by Crippen LogP contribution is 2.19. The van der Waals surface area contributed by atoms with Crippen LogP contribution in [-0.2, 0) is 25.7 Å². The summed E-state index contributed by atoms with van der Waals surface area (Å²) >= 11 is 0. The lowest BCUT2D eigenvalue weighted by Crippen LogP contribution is -2.53. The number of ether oxygens (including phenoxy) is 2. The van der Waals surface area contributed by atoms with E-state index in [-0.39, 0.29) is 6.61 Å². The van der Waals surface area contributed by atoms with Crippen molar-refractivity contribution in [2.45, 2.75) is 32.6 Å². The van der Waals surface area contributed by atoms with Gasteiger partial charge in [-0.2, -0.15) is 0 Å². The Labute approximate surface area is 145 Å². The Morgan fingerprint density at radius 1 is 1.16 bits per heavy atom. The molecule has 0 unspecified atom stereocenters. The molecule has 0 saturated heterocycles. The quantitative estimate of drug-likeness (QED) is 0.600. The number of esters is 1. The van der Waals surface area contributed by atoms with Gasteiger partial charge in [-0.3, -0.25) is 9.59 Å². The molecular weight excluding hydrogens is 330 g/mol. The summed E-state index contributed by atoms with van der Waals surface area (Å²) in [5, 5.41) is 21.4. The highest BCUT2D eigenvalue weighted by molar-refractivity contribution is 5.79. The molecule has 0 aliphatic rings. The molecule has 0 bridgehead atoms. The van der Waals surface area contributed by atoms with Crippen LogP contribution >= 0.6 is 0 Å². The van der Waals surface area contributed by atoms with Gasteiger partial charge in [0.1, 0.15) is 12.5 Å². The lowest BCUT2D eigenvalue weighted by atomic mass is 9.86. The summed E-state index contributed by atoms with van der Waals surface area (Å²) in [5.41, 5.74) is 0.750. The first-order chi connectivity index (χ1) is 11.8. The number of hydrogen-bond acceptors (Lipinski definition) is 6. The molecule has 0 heterocycles. The summed E-state index contributed by atoms with van der Waals surface area (Å²) in [6.45, 7) is 2.66. The van der Waals surface area contributed by atoms with Crippen LogP contribution in [0.15, 0.2) is 30.3 Å². The van der Waals surface area contributed by atoms with E-state index in [0.29, 0.717) is 0 Å². The van der Waals surface area contributed by atoms with Gasteiger partial charge in [0.25, 0.3) is 0 Å². The van der Waals surface area contributed by atoms with E-state index >= 15 is 0 Å². The van der Waals surface area contributed by atoms with Crippen LogP contribution in [0.1, 0.15) is 19.4 Å². The van der Waals surface area contributed by atoms with Crippen LogP contribution in [0.4, 0.5) is 4.79 Å². The largest absolute Gasteiger partial charge is 0.481 e. The number of rotatable bonds is 8. The normalized spacial score (nSPS) is 15.4. The zero-order valence-electron chi connectivity index (χ0n) is 14.3. The molecule has 1 aromatic rings. The molecule has 8 heteroatoms. The topological polar surface area (TPSA) is 122 Å². The number of nitrogens with one attached hydrogen (secondary N) is 1. The van der Waals surface area contributed by atoms with Gasteiger partial charge in [-0.25, -0.2) is 4.79 Å². The van der Waals surface area contributed by atoms with Gasteiger partial charge in [0.15, 0.2) is 0 Å². The fourth-order valence-corrected chi connectivity index (χ4v) is 2.42. The van der Waals surface area contributed by atoms with Gasteiger partial charge in [0.05, 0.1) is 25.2 Å². The molecule has 138 valence electrons. The average molecular weight is 353 g/mol. The summed E-state index contributed by atoms with van der Waals surface area (Å²) in [6.07, 6.45) is -2.19. The fraction of sp³-hybridized carbons (Fsp3) is 0.471. The van der Waals surface area contributed by atoms with E-state index in [1.165, 1.54) is 13.8 Å². The van der Waals surface area contributed by atoms with E-state index in [2.05, 4.69) is 10.1 Å². The van der Waals surface area contributed by atoms with Crippen molar-refractivity contribution in [3.05, 3.63) is 35.9 Å². The number of carbonyl (C=O) groups excluding carboxylic acids is 2. The van der Waals surface area contributed by atoms with E-state index in [0.717, 1.165) is 12.7 Å². The van der Waals surface area contributed by atoms with Crippen LogP contribution in [0.3, 0.4) is 0 Å². The number of benzene rings is 1. The Morgan fingerprint density at radius 2 is 1.76 bits per heavy atom. The second kappa shape index (κ2) is 9.63. The maximum absolute atomic E-state index is 12.0. The molecule has 3 N–H and O–H groups in total. The zero-order chi connectivity index (χ0) is 19.0. The summed E-state index contributed by atoms with van der Waals surface area (Å²) in [6, 6.07) is 7.71.